The second kappa shape index (κ2) is 4.54. The van der Waals surface area contributed by atoms with Gasteiger partial charge in [0.05, 0.1) is 5.69 Å². The third-order valence-electron chi connectivity index (χ3n) is 1.77. The number of oxazole rings is 1. The van der Waals surface area contributed by atoms with Gasteiger partial charge in [-0.3, -0.25) is 0 Å². The van der Waals surface area contributed by atoms with Gasteiger partial charge >= 0.3 is 12.1 Å². The van der Waals surface area contributed by atoms with E-state index in [1.807, 2.05) is 0 Å². The predicted octanol–water partition coefficient (Wildman–Crippen LogP) is 2.43. The third kappa shape index (κ3) is 3.25. The summed E-state index contributed by atoms with van der Waals surface area (Å²) in [6, 6.07) is 0. The van der Waals surface area contributed by atoms with E-state index in [4.69, 9.17) is 5.11 Å². The molecule has 0 aliphatic carbocycles. The van der Waals surface area contributed by atoms with E-state index >= 15 is 0 Å². The van der Waals surface area contributed by atoms with E-state index in [1.165, 1.54) is 0 Å². The molecular weight excluding hydrogens is 227 g/mol. The molecule has 0 spiro atoms. The number of carboxylic acid groups (broad SMARTS) is 1. The molecule has 0 aliphatic heterocycles. The highest BCUT2D eigenvalue weighted by Gasteiger charge is 2.32. The summed E-state index contributed by atoms with van der Waals surface area (Å²) in [4.78, 5) is 14.2. The maximum atomic E-state index is 12.0. The number of aryl methyl sites for hydroxylation is 1. The summed E-state index contributed by atoms with van der Waals surface area (Å²) < 4.78 is 40.6. The van der Waals surface area contributed by atoms with Crippen LogP contribution >= 0.6 is 0 Å². The molecule has 7 heteroatoms. The monoisotopic (exact) mass is 237 g/mol. The molecule has 0 aliphatic rings. The number of aromatic carboxylic acids is 1. The van der Waals surface area contributed by atoms with Gasteiger partial charge in [-0.05, 0) is 6.42 Å². The van der Waals surface area contributed by atoms with Crippen LogP contribution in [0.5, 0.6) is 0 Å². The van der Waals surface area contributed by atoms with Crippen molar-refractivity contribution in [3.63, 3.8) is 0 Å². The maximum Gasteiger partial charge on any atom is 0.397 e. The second-order valence-electron chi connectivity index (χ2n) is 3.23. The number of alkyl halides is 3. The zero-order valence-electron chi connectivity index (χ0n) is 8.47. The van der Waals surface area contributed by atoms with Crippen LogP contribution in [0.4, 0.5) is 13.2 Å². The molecule has 0 amide bonds. The second-order valence-corrected chi connectivity index (χ2v) is 3.23. The van der Waals surface area contributed by atoms with E-state index in [0.717, 1.165) is 0 Å². The van der Waals surface area contributed by atoms with Crippen molar-refractivity contribution in [1.82, 2.24) is 4.98 Å². The van der Waals surface area contributed by atoms with Crippen molar-refractivity contribution in [3.8, 4) is 0 Å². The van der Waals surface area contributed by atoms with E-state index in [1.54, 1.807) is 6.92 Å². The first kappa shape index (κ1) is 12.5. The van der Waals surface area contributed by atoms with Gasteiger partial charge in [0.1, 0.15) is 6.42 Å². The largest absolute Gasteiger partial charge is 0.475 e. The topological polar surface area (TPSA) is 63.3 Å². The van der Waals surface area contributed by atoms with Crippen LogP contribution in [-0.4, -0.2) is 22.2 Å². The molecule has 0 fully saturated rings. The molecule has 0 bridgehead atoms. The van der Waals surface area contributed by atoms with Crippen LogP contribution in [0.1, 0.15) is 35.5 Å². The lowest BCUT2D eigenvalue weighted by Crippen LogP contribution is -2.11. The number of carbonyl (C=O) groups is 1. The maximum absolute atomic E-state index is 12.0. The number of aromatic nitrogens is 1. The van der Waals surface area contributed by atoms with Gasteiger partial charge in [0.25, 0.3) is 0 Å². The summed E-state index contributed by atoms with van der Waals surface area (Å²) >= 11 is 0. The normalized spacial score (nSPS) is 11.8. The molecule has 1 aromatic rings. The first-order valence-electron chi connectivity index (χ1n) is 4.62. The van der Waals surface area contributed by atoms with Gasteiger partial charge in [-0.2, -0.15) is 13.2 Å². The molecule has 1 N–H and O–H groups in total. The summed E-state index contributed by atoms with van der Waals surface area (Å²) in [6.45, 7) is 1.77. The highest BCUT2D eigenvalue weighted by molar-refractivity contribution is 5.85. The Kier molecular flexibility index (Phi) is 3.56. The number of nitrogens with zero attached hydrogens (tertiary/aromatic N) is 1. The molecule has 0 unspecified atom stereocenters. The first-order chi connectivity index (χ1) is 7.33. The van der Waals surface area contributed by atoms with Gasteiger partial charge in [-0.1, -0.05) is 13.3 Å². The van der Waals surface area contributed by atoms with Crippen molar-refractivity contribution in [2.24, 2.45) is 0 Å². The van der Waals surface area contributed by atoms with Crippen LogP contribution in [0.3, 0.4) is 0 Å². The molecule has 0 saturated carbocycles. The minimum Gasteiger partial charge on any atom is -0.475 e. The quantitative estimate of drug-likeness (QED) is 0.873. The van der Waals surface area contributed by atoms with E-state index < -0.39 is 30.2 Å². The summed E-state index contributed by atoms with van der Waals surface area (Å²) in [5, 5.41) is 8.69. The Morgan fingerprint density at radius 1 is 1.50 bits per heavy atom. The van der Waals surface area contributed by atoms with Crippen LogP contribution in [0, 0.1) is 0 Å². The zero-order chi connectivity index (χ0) is 12.3. The highest BCUT2D eigenvalue weighted by Crippen LogP contribution is 2.23. The number of hydrogen-bond acceptors (Lipinski definition) is 3. The van der Waals surface area contributed by atoms with Gasteiger partial charge in [0.2, 0.25) is 11.7 Å². The molecule has 0 atom stereocenters. The summed E-state index contributed by atoms with van der Waals surface area (Å²) in [5.74, 6) is -2.50. The summed E-state index contributed by atoms with van der Waals surface area (Å²) in [6.07, 6.45) is -4.94. The molecule has 4 nitrogen and oxygen atoms in total. The lowest BCUT2D eigenvalue weighted by Gasteiger charge is -2.00. The third-order valence-corrected chi connectivity index (χ3v) is 1.77. The van der Waals surface area contributed by atoms with Crippen LogP contribution in [0.2, 0.25) is 0 Å². The van der Waals surface area contributed by atoms with Crippen LogP contribution < -0.4 is 0 Å². The average Bonchev–Trinajstić information content (AvgIpc) is 2.45. The molecule has 16 heavy (non-hydrogen) atoms. The summed E-state index contributed by atoms with van der Waals surface area (Å²) in [7, 11) is 0. The standard InChI is InChI=1S/C9H10F3NO3/c1-2-3-5-7(8(14)15)16-6(13-5)4-9(10,11)12/h2-4H2,1H3,(H,14,15). The Morgan fingerprint density at radius 2 is 2.12 bits per heavy atom. The van der Waals surface area contributed by atoms with Crippen LogP contribution in [0.25, 0.3) is 0 Å². The number of rotatable bonds is 4. The molecule has 1 heterocycles. The Morgan fingerprint density at radius 3 is 2.56 bits per heavy atom. The van der Waals surface area contributed by atoms with Gasteiger partial charge in [-0.25, -0.2) is 9.78 Å². The lowest BCUT2D eigenvalue weighted by molar-refractivity contribution is -0.130. The zero-order valence-corrected chi connectivity index (χ0v) is 8.47. The van der Waals surface area contributed by atoms with Crippen molar-refractivity contribution in [2.75, 3.05) is 0 Å². The fourth-order valence-corrected chi connectivity index (χ4v) is 1.22. The number of halogens is 3. The van der Waals surface area contributed by atoms with Gasteiger partial charge < -0.3 is 9.52 Å². The van der Waals surface area contributed by atoms with E-state index in [0.29, 0.717) is 6.42 Å². The minimum atomic E-state index is -4.45. The molecule has 1 rings (SSSR count). The Labute approximate surface area is 89.1 Å². The Hall–Kier alpha value is -1.53. The molecule has 0 aromatic carbocycles. The van der Waals surface area contributed by atoms with E-state index in [9.17, 15) is 18.0 Å². The van der Waals surface area contributed by atoms with Crippen molar-refractivity contribution in [2.45, 2.75) is 32.4 Å². The van der Waals surface area contributed by atoms with Crippen molar-refractivity contribution < 1.29 is 27.5 Å². The van der Waals surface area contributed by atoms with Crippen LogP contribution in [-0.2, 0) is 12.8 Å². The molecule has 90 valence electrons. The Balaban J connectivity index is 2.97. The highest BCUT2D eigenvalue weighted by atomic mass is 19.4. The Bertz CT molecular complexity index is 384. The van der Waals surface area contributed by atoms with Crippen molar-refractivity contribution in [3.05, 3.63) is 17.3 Å². The van der Waals surface area contributed by atoms with Gasteiger partial charge in [-0.15, -0.1) is 0 Å². The molecule has 1 aromatic heterocycles. The average molecular weight is 237 g/mol. The fourth-order valence-electron chi connectivity index (χ4n) is 1.22. The van der Waals surface area contributed by atoms with Crippen molar-refractivity contribution in [1.29, 1.82) is 0 Å². The van der Waals surface area contributed by atoms with Gasteiger partial charge in [0, 0.05) is 0 Å². The number of carboxylic acids is 1. The first-order valence-corrected chi connectivity index (χ1v) is 4.62. The lowest BCUT2D eigenvalue weighted by atomic mass is 10.2. The summed E-state index contributed by atoms with van der Waals surface area (Å²) in [5.41, 5.74) is 0.0641. The molecular formula is C9H10F3NO3. The molecule has 0 radical (unpaired) electrons. The van der Waals surface area contributed by atoms with Gasteiger partial charge in [0.15, 0.2) is 0 Å². The SMILES string of the molecule is CCCc1nc(CC(F)(F)F)oc1C(=O)O. The van der Waals surface area contributed by atoms with Crippen LogP contribution in [0.15, 0.2) is 4.42 Å². The van der Waals surface area contributed by atoms with Crippen molar-refractivity contribution >= 4 is 5.97 Å². The fraction of sp³-hybridized carbons (Fsp3) is 0.556. The van der Waals surface area contributed by atoms with E-state index in [-0.39, 0.29) is 12.1 Å². The van der Waals surface area contributed by atoms with E-state index in [2.05, 4.69) is 9.40 Å². The minimum absolute atomic E-state index is 0.0641. The predicted molar refractivity (Wildman–Crippen MR) is 47.2 cm³/mol. The number of hydrogen-bond donors (Lipinski definition) is 1. The molecule has 0 saturated heterocycles. The smallest absolute Gasteiger partial charge is 0.397 e.